The molecule has 4 saturated carbocycles. The number of amides is 2. The summed E-state index contributed by atoms with van der Waals surface area (Å²) < 4.78 is 5.15. The molecule has 0 saturated heterocycles. The number of carbonyl (C=O) groups is 3. The van der Waals surface area contributed by atoms with Gasteiger partial charge >= 0.3 is 5.97 Å². The van der Waals surface area contributed by atoms with Crippen molar-refractivity contribution >= 4 is 17.8 Å². The van der Waals surface area contributed by atoms with Gasteiger partial charge in [0.25, 0.3) is 11.8 Å². The van der Waals surface area contributed by atoms with Crippen molar-refractivity contribution in [3.05, 3.63) is 35.9 Å². The van der Waals surface area contributed by atoms with Gasteiger partial charge in [-0.2, -0.15) is 0 Å². The summed E-state index contributed by atoms with van der Waals surface area (Å²) in [6.07, 6.45) is 7.10. The summed E-state index contributed by atoms with van der Waals surface area (Å²) in [6.45, 7) is 1.26. The Hall–Kier alpha value is -2.37. The normalized spacial score (nSPS) is 31.1. The van der Waals surface area contributed by atoms with Crippen LogP contribution in [-0.4, -0.2) is 36.0 Å². The number of ether oxygens (including phenoxy) is 1. The number of nitrogens with one attached hydrogen (secondary N) is 2. The van der Waals surface area contributed by atoms with E-state index in [1.165, 1.54) is 19.3 Å². The van der Waals surface area contributed by atoms with E-state index in [-0.39, 0.29) is 24.0 Å². The fourth-order valence-corrected chi connectivity index (χ4v) is 5.79. The van der Waals surface area contributed by atoms with Crippen molar-refractivity contribution in [2.75, 3.05) is 6.61 Å². The maximum atomic E-state index is 12.4. The van der Waals surface area contributed by atoms with Crippen molar-refractivity contribution in [2.45, 2.75) is 57.0 Å². The van der Waals surface area contributed by atoms with Gasteiger partial charge in [0.2, 0.25) is 0 Å². The van der Waals surface area contributed by atoms with Gasteiger partial charge < -0.3 is 15.4 Å². The molecule has 5 rings (SSSR count). The van der Waals surface area contributed by atoms with Crippen LogP contribution in [0, 0.1) is 17.8 Å². The van der Waals surface area contributed by atoms with Gasteiger partial charge in [-0.25, -0.2) is 4.79 Å². The smallest absolute Gasteiger partial charge is 0.328 e. The standard InChI is InChI=1S/C22H28N2O4/c1-14(23-20(26)18-5-3-2-4-6-18)21(27)28-13-19(25)24-22-10-15-7-16(11-22)9-17(8-15)12-22/h2-6,14-17H,7-13H2,1H3,(H,23,26)(H,24,25)/t14-,15?,16?,17?,22?/m1/s1. The highest BCUT2D eigenvalue weighted by Gasteiger charge is 2.51. The van der Waals surface area contributed by atoms with E-state index >= 15 is 0 Å². The summed E-state index contributed by atoms with van der Waals surface area (Å²) >= 11 is 0. The maximum absolute atomic E-state index is 12.4. The highest BCUT2D eigenvalue weighted by molar-refractivity contribution is 5.96. The third kappa shape index (κ3) is 4.05. The van der Waals surface area contributed by atoms with Gasteiger partial charge in [0.1, 0.15) is 6.04 Å². The Balaban J connectivity index is 1.24. The number of hydrogen-bond acceptors (Lipinski definition) is 4. The second-order valence-corrected chi connectivity index (χ2v) is 8.91. The zero-order valence-electron chi connectivity index (χ0n) is 16.3. The fraction of sp³-hybridized carbons (Fsp3) is 0.591. The highest BCUT2D eigenvalue weighted by atomic mass is 16.5. The lowest BCUT2D eigenvalue weighted by molar-refractivity contribution is -0.151. The Bertz CT molecular complexity index is 726. The Morgan fingerprint density at radius 3 is 2.18 bits per heavy atom. The molecule has 4 fully saturated rings. The highest BCUT2D eigenvalue weighted by Crippen LogP contribution is 2.55. The van der Waals surface area contributed by atoms with Crippen LogP contribution in [0.1, 0.15) is 55.8 Å². The molecule has 4 aliphatic rings. The van der Waals surface area contributed by atoms with E-state index in [1.807, 2.05) is 6.07 Å². The average Bonchev–Trinajstić information content (AvgIpc) is 2.65. The largest absolute Gasteiger partial charge is 0.454 e. The van der Waals surface area contributed by atoms with Gasteiger partial charge in [-0.3, -0.25) is 9.59 Å². The van der Waals surface area contributed by atoms with E-state index in [0.29, 0.717) is 5.56 Å². The van der Waals surface area contributed by atoms with E-state index in [2.05, 4.69) is 10.6 Å². The Morgan fingerprint density at radius 2 is 1.61 bits per heavy atom. The van der Waals surface area contributed by atoms with Gasteiger partial charge in [0.05, 0.1) is 0 Å². The van der Waals surface area contributed by atoms with E-state index in [0.717, 1.165) is 37.0 Å². The first kappa shape index (κ1) is 19.0. The van der Waals surface area contributed by atoms with Crippen molar-refractivity contribution in [3.63, 3.8) is 0 Å². The van der Waals surface area contributed by atoms with Crippen LogP contribution in [0.4, 0.5) is 0 Å². The molecular weight excluding hydrogens is 356 g/mol. The van der Waals surface area contributed by atoms with Crippen LogP contribution >= 0.6 is 0 Å². The molecule has 1 aromatic carbocycles. The lowest BCUT2D eigenvalue weighted by Crippen LogP contribution is -2.60. The van der Waals surface area contributed by atoms with Crippen LogP contribution in [0.15, 0.2) is 30.3 Å². The molecule has 2 amide bonds. The summed E-state index contributed by atoms with van der Waals surface area (Å²) in [4.78, 5) is 36.7. The zero-order valence-corrected chi connectivity index (χ0v) is 16.3. The number of carbonyl (C=O) groups excluding carboxylic acids is 3. The summed E-state index contributed by atoms with van der Waals surface area (Å²) in [5.74, 6) is 1.02. The lowest BCUT2D eigenvalue weighted by atomic mass is 9.53. The summed E-state index contributed by atoms with van der Waals surface area (Å²) in [6, 6.07) is 7.86. The monoisotopic (exact) mass is 384 g/mol. The third-order valence-electron chi connectivity index (χ3n) is 6.53. The predicted octanol–water partition coefficient (Wildman–Crippen LogP) is 2.43. The van der Waals surface area contributed by atoms with Crippen LogP contribution in [0.25, 0.3) is 0 Å². The van der Waals surface area contributed by atoms with Crippen molar-refractivity contribution in [2.24, 2.45) is 17.8 Å². The van der Waals surface area contributed by atoms with E-state index in [9.17, 15) is 14.4 Å². The van der Waals surface area contributed by atoms with Gasteiger partial charge in [-0.15, -0.1) is 0 Å². The molecule has 4 bridgehead atoms. The third-order valence-corrected chi connectivity index (χ3v) is 6.53. The molecule has 0 aliphatic heterocycles. The minimum atomic E-state index is -0.819. The van der Waals surface area contributed by atoms with E-state index in [4.69, 9.17) is 4.74 Å². The quantitative estimate of drug-likeness (QED) is 0.738. The van der Waals surface area contributed by atoms with Crippen molar-refractivity contribution in [1.29, 1.82) is 0 Å². The van der Waals surface area contributed by atoms with Crippen molar-refractivity contribution < 1.29 is 19.1 Å². The molecule has 6 heteroatoms. The topological polar surface area (TPSA) is 84.5 Å². The molecule has 2 N–H and O–H groups in total. The van der Waals surface area contributed by atoms with E-state index in [1.54, 1.807) is 31.2 Å². The van der Waals surface area contributed by atoms with Crippen LogP contribution in [-0.2, 0) is 14.3 Å². The molecule has 1 atom stereocenters. The molecule has 0 heterocycles. The molecule has 28 heavy (non-hydrogen) atoms. The van der Waals surface area contributed by atoms with Crippen LogP contribution in [0.2, 0.25) is 0 Å². The minimum absolute atomic E-state index is 0.0919. The molecule has 4 aliphatic carbocycles. The summed E-state index contributed by atoms with van der Waals surface area (Å²) in [5, 5.41) is 5.78. The molecule has 1 aromatic rings. The van der Waals surface area contributed by atoms with Crippen molar-refractivity contribution in [1.82, 2.24) is 10.6 Å². The first-order valence-corrected chi connectivity index (χ1v) is 10.3. The first-order valence-electron chi connectivity index (χ1n) is 10.3. The van der Waals surface area contributed by atoms with Crippen LogP contribution < -0.4 is 10.6 Å². The van der Waals surface area contributed by atoms with Crippen LogP contribution in [0.5, 0.6) is 0 Å². The Morgan fingerprint density at radius 1 is 1.04 bits per heavy atom. The lowest BCUT2D eigenvalue weighted by Gasteiger charge is -2.56. The average molecular weight is 384 g/mol. The molecule has 0 unspecified atom stereocenters. The van der Waals surface area contributed by atoms with Gasteiger partial charge in [-0.1, -0.05) is 18.2 Å². The molecule has 0 aromatic heterocycles. The predicted molar refractivity (Wildman–Crippen MR) is 103 cm³/mol. The van der Waals surface area contributed by atoms with Crippen molar-refractivity contribution in [3.8, 4) is 0 Å². The summed E-state index contributed by atoms with van der Waals surface area (Å²) in [7, 11) is 0. The first-order chi connectivity index (χ1) is 13.4. The second-order valence-electron chi connectivity index (χ2n) is 8.91. The van der Waals surface area contributed by atoms with Gasteiger partial charge in [0, 0.05) is 11.1 Å². The molecular formula is C22H28N2O4. The SMILES string of the molecule is C[C@@H](NC(=O)c1ccccc1)C(=O)OCC(=O)NC12CC3CC(CC(C3)C1)C2. The molecule has 150 valence electrons. The molecule has 0 spiro atoms. The number of esters is 1. The van der Waals surface area contributed by atoms with Gasteiger partial charge in [-0.05, 0) is 75.3 Å². The number of benzene rings is 1. The zero-order chi connectivity index (χ0) is 19.7. The summed E-state index contributed by atoms with van der Waals surface area (Å²) in [5.41, 5.74) is 0.382. The minimum Gasteiger partial charge on any atom is -0.454 e. The molecule has 6 nitrogen and oxygen atoms in total. The van der Waals surface area contributed by atoms with E-state index < -0.39 is 12.0 Å². The van der Waals surface area contributed by atoms with Gasteiger partial charge in [0.15, 0.2) is 6.61 Å². The molecule has 0 radical (unpaired) electrons. The fourth-order valence-electron chi connectivity index (χ4n) is 5.79. The van der Waals surface area contributed by atoms with Crippen LogP contribution in [0.3, 0.4) is 0 Å². The number of rotatable bonds is 6. The Labute approximate surface area is 165 Å². The maximum Gasteiger partial charge on any atom is 0.328 e. The number of hydrogen-bond donors (Lipinski definition) is 2. The second kappa shape index (κ2) is 7.57. The Kier molecular flexibility index (Phi) is 5.13.